The van der Waals surface area contributed by atoms with E-state index in [9.17, 15) is 4.79 Å². The number of nitrogens with zero attached hydrogens (tertiary/aromatic N) is 1. The zero-order valence-corrected chi connectivity index (χ0v) is 13.8. The van der Waals surface area contributed by atoms with Crippen LogP contribution in [0.1, 0.15) is 46.5 Å². The molecule has 21 heavy (non-hydrogen) atoms. The standard InChI is InChI=1S/C17H30N2O2/c1-16(2)12-17(3)11-13(16)10-14(17)18-15(20)4-5-19-6-8-21-9-7-19/h13-14H,4-12H2,1-3H3,(H,18,20)/t13-,14-,17+/m0/s1. The number of rotatable bonds is 4. The van der Waals surface area contributed by atoms with Gasteiger partial charge in [0.2, 0.25) is 5.91 Å². The fourth-order valence-corrected chi connectivity index (χ4v) is 4.92. The number of hydrogen-bond acceptors (Lipinski definition) is 3. The second kappa shape index (κ2) is 5.54. The first-order valence-corrected chi connectivity index (χ1v) is 8.49. The van der Waals surface area contributed by atoms with Crippen molar-refractivity contribution in [2.45, 2.75) is 52.5 Å². The SMILES string of the molecule is CC1(C)C[C@@]2(C)C[C@@H]1C[C@@H]2NC(=O)CCN1CCOCC1. The second-order valence-electron chi connectivity index (χ2n) is 8.28. The Morgan fingerprint density at radius 1 is 1.29 bits per heavy atom. The van der Waals surface area contributed by atoms with Gasteiger partial charge in [-0.1, -0.05) is 20.8 Å². The van der Waals surface area contributed by atoms with Crippen molar-refractivity contribution in [1.82, 2.24) is 10.2 Å². The van der Waals surface area contributed by atoms with E-state index in [2.05, 4.69) is 31.0 Å². The van der Waals surface area contributed by atoms with Gasteiger partial charge in [0.15, 0.2) is 0 Å². The summed E-state index contributed by atoms with van der Waals surface area (Å²) in [6.45, 7) is 11.6. The number of ether oxygens (including phenoxy) is 1. The molecule has 120 valence electrons. The lowest BCUT2D eigenvalue weighted by atomic mass is 9.70. The third-order valence-corrected chi connectivity index (χ3v) is 6.13. The molecule has 4 nitrogen and oxygen atoms in total. The molecule has 0 spiro atoms. The summed E-state index contributed by atoms with van der Waals surface area (Å²) in [4.78, 5) is 14.6. The van der Waals surface area contributed by atoms with E-state index in [1.165, 1.54) is 19.3 Å². The molecule has 1 aliphatic heterocycles. The molecule has 0 aromatic rings. The average Bonchev–Trinajstić information content (AvgIpc) is 2.86. The van der Waals surface area contributed by atoms with Gasteiger partial charge >= 0.3 is 0 Å². The lowest BCUT2D eigenvalue weighted by Crippen LogP contribution is -2.47. The lowest BCUT2D eigenvalue weighted by Gasteiger charge is -2.39. The van der Waals surface area contributed by atoms with Crippen LogP contribution in [-0.4, -0.2) is 49.7 Å². The van der Waals surface area contributed by atoms with Crippen LogP contribution in [0.5, 0.6) is 0 Å². The van der Waals surface area contributed by atoms with Crippen LogP contribution in [0.4, 0.5) is 0 Å². The maximum absolute atomic E-state index is 12.3. The molecule has 2 bridgehead atoms. The van der Waals surface area contributed by atoms with Crippen molar-refractivity contribution in [3.05, 3.63) is 0 Å². The number of fused-ring (bicyclic) bond motifs is 2. The van der Waals surface area contributed by atoms with Gasteiger partial charge in [0, 0.05) is 32.1 Å². The summed E-state index contributed by atoms with van der Waals surface area (Å²) < 4.78 is 5.34. The molecule has 0 unspecified atom stereocenters. The first-order valence-electron chi connectivity index (χ1n) is 8.49. The Kier molecular flexibility index (Phi) is 4.04. The van der Waals surface area contributed by atoms with Crippen LogP contribution in [0.2, 0.25) is 0 Å². The zero-order chi connectivity index (χ0) is 15.1. The van der Waals surface area contributed by atoms with Crippen LogP contribution in [0.25, 0.3) is 0 Å². The molecule has 1 heterocycles. The summed E-state index contributed by atoms with van der Waals surface area (Å²) in [5, 5.41) is 3.33. The van der Waals surface area contributed by atoms with Crippen LogP contribution < -0.4 is 5.32 Å². The van der Waals surface area contributed by atoms with Crippen molar-refractivity contribution in [3.63, 3.8) is 0 Å². The third-order valence-electron chi connectivity index (χ3n) is 6.13. The second-order valence-corrected chi connectivity index (χ2v) is 8.28. The van der Waals surface area contributed by atoms with Crippen molar-refractivity contribution in [1.29, 1.82) is 0 Å². The quantitative estimate of drug-likeness (QED) is 0.863. The van der Waals surface area contributed by atoms with Gasteiger partial charge in [-0.05, 0) is 36.0 Å². The summed E-state index contributed by atoms with van der Waals surface area (Å²) in [6, 6.07) is 0.396. The fraction of sp³-hybridized carbons (Fsp3) is 0.941. The number of carbonyl (C=O) groups excluding carboxylic acids is 1. The largest absolute Gasteiger partial charge is 0.379 e. The summed E-state index contributed by atoms with van der Waals surface area (Å²) in [6.07, 6.45) is 4.33. The van der Waals surface area contributed by atoms with Gasteiger partial charge in [-0.3, -0.25) is 9.69 Å². The highest BCUT2D eigenvalue weighted by Gasteiger charge is 2.57. The van der Waals surface area contributed by atoms with Gasteiger partial charge in [0.25, 0.3) is 0 Å². The minimum Gasteiger partial charge on any atom is -0.379 e. The lowest BCUT2D eigenvalue weighted by molar-refractivity contribution is -0.123. The van der Waals surface area contributed by atoms with E-state index in [1.54, 1.807) is 0 Å². The molecule has 4 heteroatoms. The van der Waals surface area contributed by atoms with Gasteiger partial charge < -0.3 is 10.1 Å². The maximum Gasteiger partial charge on any atom is 0.221 e. The van der Waals surface area contributed by atoms with Crippen LogP contribution in [0.3, 0.4) is 0 Å². The van der Waals surface area contributed by atoms with E-state index in [1.807, 2.05) is 0 Å². The van der Waals surface area contributed by atoms with Crippen molar-refractivity contribution in [2.24, 2.45) is 16.7 Å². The summed E-state index contributed by atoms with van der Waals surface area (Å²) in [7, 11) is 0. The molecule has 1 saturated heterocycles. The first-order chi connectivity index (χ1) is 9.89. The Bertz CT molecular complexity index is 404. The molecule has 0 aromatic carbocycles. The topological polar surface area (TPSA) is 41.6 Å². The zero-order valence-electron chi connectivity index (χ0n) is 13.8. The van der Waals surface area contributed by atoms with Crippen molar-refractivity contribution in [3.8, 4) is 0 Å². The highest BCUT2D eigenvalue weighted by atomic mass is 16.5. The molecule has 3 atom stereocenters. The van der Waals surface area contributed by atoms with Crippen molar-refractivity contribution >= 4 is 5.91 Å². The average molecular weight is 294 g/mol. The molecular formula is C17H30N2O2. The number of nitrogens with one attached hydrogen (secondary N) is 1. The monoisotopic (exact) mass is 294 g/mol. The molecule has 3 fully saturated rings. The highest BCUT2D eigenvalue weighted by molar-refractivity contribution is 5.76. The summed E-state index contributed by atoms with van der Waals surface area (Å²) in [5.74, 6) is 1.02. The van der Waals surface area contributed by atoms with Gasteiger partial charge in [0.05, 0.1) is 13.2 Å². The number of carbonyl (C=O) groups is 1. The Morgan fingerprint density at radius 2 is 2.00 bits per heavy atom. The molecule has 1 N–H and O–H groups in total. The molecule has 2 saturated carbocycles. The number of amides is 1. The smallest absolute Gasteiger partial charge is 0.221 e. The van der Waals surface area contributed by atoms with E-state index in [0.717, 1.165) is 38.8 Å². The van der Waals surface area contributed by atoms with Crippen molar-refractivity contribution < 1.29 is 9.53 Å². The summed E-state index contributed by atoms with van der Waals surface area (Å²) >= 11 is 0. The molecule has 3 aliphatic rings. The molecule has 1 amide bonds. The van der Waals surface area contributed by atoms with Crippen molar-refractivity contribution in [2.75, 3.05) is 32.8 Å². The summed E-state index contributed by atoms with van der Waals surface area (Å²) in [5.41, 5.74) is 0.784. The van der Waals surface area contributed by atoms with Crippen LogP contribution in [-0.2, 0) is 9.53 Å². The Labute approximate surface area is 128 Å². The highest BCUT2D eigenvalue weighted by Crippen LogP contribution is 2.62. The molecule has 2 aliphatic carbocycles. The van der Waals surface area contributed by atoms with E-state index in [4.69, 9.17) is 4.74 Å². The molecule has 0 aromatic heterocycles. The Balaban J connectivity index is 1.46. The van der Waals surface area contributed by atoms with E-state index < -0.39 is 0 Å². The van der Waals surface area contributed by atoms with Gasteiger partial charge in [-0.15, -0.1) is 0 Å². The van der Waals surface area contributed by atoms with Crippen LogP contribution >= 0.6 is 0 Å². The number of morpholine rings is 1. The van der Waals surface area contributed by atoms with E-state index >= 15 is 0 Å². The normalized spacial score (nSPS) is 38.6. The minimum absolute atomic E-state index is 0.234. The minimum atomic E-state index is 0.234. The fourth-order valence-electron chi connectivity index (χ4n) is 4.92. The first kappa shape index (κ1) is 15.3. The number of hydrogen-bond donors (Lipinski definition) is 1. The molecule has 3 rings (SSSR count). The third kappa shape index (κ3) is 3.11. The van der Waals surface area contributed by atoms with Gasteiger partial charge in [-0.25, -0.2) is 0 Å². The predicted molar refractivity (Wildman–Crippen MR) is 83.0 cm³/mol. The van der Waals surface area contributed by atoms with Crippen LogP contribution in [0.15, 0.2) is 0 Å². The molecule has 0 radical (unpaired) electrons. The van der Waals surface area contributed by atoms with E-state index in [0.29, 0.717) is 23.3 Å². The van der Waals surface area contributed by atoms with E-state index in [-0.39, 0.29) is 5.91 Å². The van der Waals surface area contributed by atoms with Crippen LogP contribution in [0, 0.1) is 16.7 Å². The van der Waals surface area contributed by atoms with Gasteiger partial charge in [-0.2, -0.15) is 0 Å². The maximum atomic E-state index is 12.3. The Morgan fingerprint density at radius 3 is 2.57 bits per heavy atom. The Hall–Kier alpha value is -0.610. The van der Waals surface area contributed by atoms with Gasteiger partial charge in [0.1, 0.15) is 0 Å². The molecular weight excluding hydrogens is 264 g/mol. The predicted octanol–water partition coefficient (Wildman–Crippen LogP) is 2.04.